The van der Waals surface area contributed by atoms with Gasteiger partial charge in [0.05, 0.1) is 12.7 Å². The van der Waals surface area contributed by atoms with Gasteiger partial charge in [-0.1, -0.05) is 6.08 Å². The molecule has 2 rings (SSSR count). The minimum atomic E-state index is -0.671. The van der Waals surface area contributed by atoms with Crippen LogP contribution in [0.2, 0.25) is 0 Å². The first-order valence-corrected chi connectivity index (χ1v) is 6.51. The van der Waals surface area contributed by atoms with Crippen molar-refractivity contribution in [1.82, 2.24) is 0 Å². The van der Waals surface area contributed by atoms with Crippen molar-refractivity contribution in [1.29, 1.82) is 0 Å². The summed E-state index contributed by atoms with van der Waals surface area (Å²) in [7, 11) is 1.69. The Labute approximate surface area is 113 Å². The Morgan fingerprint density at radius 2 is 2.26 bits per heavy atom. The minimum Gasteiger partial charge on any atom is -0.389 e. The van der Waals surface area contributed by atoms with Crippen LogP contribution in [0.5, 0.6) is 0 Å². The molecule has 4 heteroatoms. The fraction of sp³-hybridized carbons (Fsp3) is 0.467. The van der Waals surface area contributed by atoms with Crippen molar-refractivity contribution in [3.8, 4) is 0 Å². The molecule has 0 aliphatic carbocycles. The molecule has 0 aromatic heterocycles. The number of aliphatic hydroxyl groups is 1. The SMILES string of the molecule is COCC1=CCN(c2ccc(F)cc2[C@@H](C)O)CC1. The molecule has 0 radical (unpaired) electrons. The molecule has 1 aromatic rings. The molecule has 1 atom stereocenters. The number of nitrogens with zero attached hydrogens (tertiary/aromatic N) is 1. The highest BCUT2D eigenvalue weighted by Crippen LogP contribution is 2.29. The number of ether oxygens (including phenoxy) is 1. The van der Waals surface area contributed by atoms with Gasteiger partial charge in [0.25, 0.3) is 0 Å². The zero-order valence-corrected chi connectivity index (χ0v) is 11.4. The number of aliphatic hydroxyl groups excluding tert-OH is 1. The monoisotopic (exact) mass is 265 g/mol. The van der Waals surface area contributed by atoms with Crippen LogP contribution in [0.1, 0.15) is 25.0 Å². The molecule has 1 N–H and O–H groups in total. The quantitative estimate of drug-likeness (QED) is 0.850. The fourth-order valence-corrected chi connectivity index (χ4v) is 2.39. The summed E-state index contributed by atoms with van der Waals surface area (Å²) in [6.07, 6.45) is 2.40. The van der Waals surface area contributed by atoms with Gasteiger partial charge in [-0.15, -0.1) is 0 Å². The Morgan fingerprint density at radius 1 is 1.47 bits per heavy atom. The Morgan fingerprint density at radius 3 is 2.84 bits per heavy atom. The number of anilines is 1. The van der Waals surface area contributed by atoms with Crippen LogP contribution in [0.4, 0.5) is 10.1 Å². The van der Waals surface area contributed by atoms with Crippen LogP contribution in [0.25, 0.3) is 0 Å². The van der Waals surface area contributed by atoms with Crippen molar-refractivity contribution in [3.05, 3.63) is 41.2 Å². The molecule has 0 unspecified atom stereocenters. The van der Waals surface area contributed by atoms with E-state index in [1.807, 2.05) is 0 Å². The lowest BCUT2D eigenvalue weighted by atomic mass is 10.0. The molecular weight excluding hydrogens is 245 g/mol. The third kappa shape index (κ3) is 3.33. The van der Waals surface area contributed by atoms with E-state index in [1.54, 1.807) is 20.1 Å². The topological polar surface area (TPSA) is 32.7 Å². The summed E-state index contributed by atoms with van der Waals surface area (Å²) < 4.78 is 18.4. The molecule has 0 spiro atoms. The third-order valence-electron chi connectivity index (χ3n) is 3.41. The molecule has 1 aromatic carbocycles. The van der Waals surface area contributed by atoms with Gasteiger partial charge in [0.15, 0.2) is 0 Å². The average Bonchev–Trinajstić information content (AvgIpc) is 2.40. The van der Waals surface area contributed by atoms with Crippen LogP contribution in [0.3, 0.4) is 0 Å². The maximum Gasteiger partial charge on any atom is 0.123 e. The van der Waals surface area contributed by atoms with Crippen LogP contribution in [0.15, 0.2) is 29.8 Å². The minimum absolute atomic E-state index is 0.313. The van der Waals surface area contributed by atoms with E-state index in [4.69, 9.17) is 4.74 Å². The molecule has 0 amide bonds. The van der Waals surface area contributed by atoms with E-state index < -0.39 is 6.10 Å². The Hall–Kier alpha value is -1.39. The number of methoxy groups -OCH3 is 1. The number of benzene rings is 1. The second-order valence-electron chi connectivity index (χ2n) is 4.87. The van der Waals surface area contributed by atoms with E-state index in [-0.39, 0.29) is 5.82 Å². The second-order valence-corrected chi connectivity index (χ2v) is 4.87. The van der Waals surface area contributed by atoms with Crippen molar-refractivity contribution in [2.45, 2.75) is 19.4 Å². The van der Waals surface area contributed by atoms with E-state index in [0.717, 1.165) is 25.2 Å². The maximum absolute atomic E-state index is 13.3. The molecular formula is C15H20FNO2. The van der Waals surface area contributed by atoms with Crippen LogP contribution >= 0.6 is 0 Å². The van der Waals surface area contributed by atoms with Gasteiger partial charge < -0.3 is 14.7 Å². The first-order chi connectivity index (χ1) is 9.11. The Balaban J connectivity index is 2.19. The lowest BCUT2D eigenvalue weighted by Crippen LogP contribution is -2.30. The first kappa shape index (κ1) is 14.0. The molecule has 1 aliphatic heterocycles. The summed E-state index contributed by atoms with van der Waals surface area (Å²) >= 11 is 0. The normalized spacial score (nSPS) is 17.3. The third-order valence-corrected chi connectivity index (χ3v) is 3.41. The molecule has 0 bridgehead atoms. The van der Waals surface area contributed by atoms with Gasteiger partial charge in [0.1, 0.15) is 5.82 Å². The van der Waals surface area contributed by atoms with Crippen LogP contribution in [-0.2, 0) is 4.74 Å². The van der Waals surface area contributed by atoms with Crippen LogP contribution in [0, 0.1) is 5.82 Å². The van der Waals surface area contributed by atoms with Crippen LogP contribution < -0.4 is 4.90 Å². The summed E-state index contributed by atoms with van der Waals surface area (Å²) in [4.78, 5) is 2.15. The first-order valence-electron chi connectivity index (χ1n) is 6.51. The average molecular weight is 265 g/mol. The second kappa shape index (κ2) is 6.17. The van der Waals surface area contributed by atoms with Crippen LogP contribution in [-0.4, -0.2) is 31.9 Å². The molecule has 3 nitrogen and oxygen atoms in total. The highest BCUT2D eigenvalue weighted by atomic mass is 19.1. The maximum atomic E-state index is 13.3. The van der Waals surface area contributed by atoms with Gasteiger partial charge in [-0.05, 0) is 37.1 Å². The van der Waals surface area contributed by atoms with E-state index >= 15 is 0 Å². The summed E-state index contributed by atoms with van der Waals surface area (Å²) in [5.74, 6) is -0.313. The number of hydrogen-bond donors (Lipinski definition) is 1. The lowest BCUT2D eigenvalue weighted by Gasteiger charge is -2.30. The van der Waals surface area contributed by atoms with Gasteiger partial charge in [-0.3, -0.25) is 0 Å². The summed E-state index contributed by atoms with van der Waals surface area (Å²) in [5, 5.41) is 9.77. The molecule has 0 saturated carbocycles. The highest BCUT2D eigenvalue weighted by molar-refractivity contribution is 5.56. The van der Waals surface area contributed by atoms with E-state index in [2.05, 4.69) is 11.0 Å². The number of halogens is 1. The van der Waals surface area contributed by atoms with Gasteiger partial charge in [0.2, 0.25) is 0 Å². The zero-order chi connectivity index (χ0) is 13.8. The molecule has 0 saturated heterocycles. The summed E-state index contributed by atoms with van der Waals surface area (Å²) in [6.45, 7) is 3.96. The molecule has 1 aliphatic rings. The number of rotatable bonds is 4. The number of hydrogen-bond acceptors (Lipinski definition) is 3. The van der Waals surface area contributed by atoms with Gasteiger partial charge >= 0.3 is 0 Å². The fourth-order valence-electron chi connectivity index (χ4n) is 2.39. The molecule has 19 heavy (non-hydrogen) atoms. The summed E-state index contributed by atoms with van der Waals surface area (Å²) in [6, 6.07) is 4.59. The highest BCUT2D eigenvalue weighted by Gasteiger charge is 2.17. The van der Waals surface area contributed by atoms with Crippen molar-refractivity contribution in [2.75, 3.05) is 31.7 Å². The predicted octanol–water partition coefficient (Wildman–Crippen LogP) is 2.66. The van der Waals surface area contributed by atoms with Gasteiger partial charge in [-0.25, -0.2) is 4.39 Å². The van der Waals surface area contributed by atoms with E-state index in [1.165, 1.54) is 17.7 Å². The largest absolute Gasteiger partial charge is 0.389 e. The van der Waals surface area contributed by atoms with E-state index in [9.17, 15) is 9.50 Å². The molecule has 1 heterocycles. The van der Waals surface area contributed by atoms with Crippen molar-refractivity contribution >= 4 is 5.69 Å². The molecule has 104 valence electrons. The summed E-state index contributed by atoms with van der Waals surface area (Å²) in [5.41, 5.74) is 2.84. The standard InChI is InChI=1S/C15H20FNO2/c1-11(18)14-9-13(16)3-4-15(14)17-7-5-12(6-8-17)10-19-2/h3-5,9,11,18H,6-8,10H2,1-2H3/t11-/m1/s1. The Kier molecular flexibility index (Phi) is 4.56. The van der Waals surface area contributed by atoms with Gasteiger partial charge in [0, 0.05) is 31.5 Å². The van der Waals surface area contributed by atoms with Gasteiger partial charge in [-0.2, -0.15) is 0 Å². The lowest BCUT2D eigenvalue weighted by molar-refractivity contribution is 0.199. The van der Waals surface area contributed by atoms with Crippen molar-refractivity contribution in [2.24, 2.45) is 0 Å². The van der Waals surface area contributed by atoms with Crippen molar-refractivity contribution in [3.63, 3.8) is 0 Å². The smallest absolute Gasteiger partial charge is 0.123 e. The zero-order valence-electron chi connectivity index (χ0n) is 11.4. The predicted molar refractivity (Wildman–Crippen MR) is 73.8 cm³/mol. The van der Waals surface area contributed by atoms with Crippen molar-refractivity contribution < 1.29 is 14.2 Å². The van der Waals surface area contributed by atoms with E-state index in [0.29, 0.717) is 12.2 Å². The molecule has 0 fully saturated rings. The Bertz CT molecular complexity index is 471.